The second-order valence-corrected chi connectivity index (χ2v) is 6.26. The van der Waals surface area contributed by atoms with Gasteiger partial charge in [-0.2, -0.15) is 0 Å². The van der Waals surface area contributed by atoms with E-state index in [2.05, 4.69) is 6.92 Å². The van der Waals surface area contributed by atoms with Gasteiger partial charge >= 0.3 is 0 Å². The van der Waals surface area contributed by atoms with E-state index in [-0.39, 0.29) is 30.9 Å². The Hall–Kier alpha value is -0.650. The molecule has 0 N–H and O–H groups in total. The summed E-state index contributed by atoms with van der Waals surface area (Å²) < 4.78 is 23.6. The monoisotopic (exact) mass is 326 g/mol. The fourth-order valence-corrected chi connectivity index (χ4v) is 3.22. The first kappa shape index (κ1) is 16.2. The minimum Gasteiger partial charge on any atom is -0.368 e. The van der Waals surface area contributed by atoms with E-state index in [0.717, 1.165) is 29.8 Å². The smallest absolute Gasteiger partial charge is 0.189 e. The summed E-state index contributed by atoms with van der Waals surface area (Å²) in [6, 6.07) is 7.73. The van der Waals surface area contributed by atoms with Crippen molar-refractivity contribution in [3.63, 3.8) is 0 Å². The summed E-state index contributed by atoms with van der Waals surface area (Å²) in [6.45, 7) is 4.51. The van der Waals surface area contributed by atoms with Gasteiger partial charge in [0.25, 0.3) is 0 Å². The van der Waals surface area contributed by atoms with Gasteiger partial charge < -0.3 is 18.9 Å². The van der Waals surface area contributed by atoms with E-state index in [4.69, 9.17) is 30.5 Å². The van der Waals surface area contributed by atoms with Crippen LogP contribution in [0.3, 0.4) is 0 Å². The molecule has 2 aliphatic rings. The first-order valence-corrected chi connectivity index (χ1v) is 8.38. The van der Waals surface area contributed by atoms with Crippen molar-refractivity contribution >= 4 is 11.6 Å². The Labute approximate surface area is 136 Å². The van der Waals surface area contributed by atoms with Crippen LogP contribution in [0, 0.1) is 0 Å². The molecule has 1 aromatic rings. The molecule has 2 fully saturated rings. The molecule has 0 aliphatic carbocycles. The van der Waals surface area contributed by atoms with E-state index in [1.165, 1.54) is 0 Å². The zero-order valence-electron chi connectivity index (χ0n) is 13.0. The highest BCUT2D eigenvalue weighted by Crippen LogP contribution is 2.36. The quantitative estimate of drug-likeness (QED) is 0.794. The first-order chi connectivity index (χ1) is 10.7. The van der Waals surface area contributed by atoms with E-state index in [9.17, 15) is 0 Å². The Balaban J connectivity index is 1.66. The number of benzene rings is 1. The van der Waals surface area contributed by atoms with Gasteiger partial charge in [0.05, 0.1) is 12.7 Å². The molecule has 122 valence electrons. The van der Waals surface area contributed by atoms with Crippen LogP contribution >= 0.6 is 11.6 Å². The molecule has 3 rings (SSSR count). The fourth-order valence-electron chi connectivity index (χ4n) is 3.03. The predicted octanol–water partition coefficient (Wildman–Crippen LogP) is 3.90. The molecule has 4 nitrogen and oxygen atoms in total. The third-order valence-corrected chi connectivity index (χ3v) is 4.54. The maximum atomic E-state index is 6.20. The SMILES string of the molecule is CCCC[C@H]1O[C@@H]2OC(C)O[C@@H]2[C@H]1OCc1ccccc1Cl. The van der Waals surface area contributed by atoms with E-state index < -0.39 is 0 Å². The number of hydrogen-bond donors (Lipinski definition) is 0. The van der Waals surface area contributed by atoms with Gasteiger partial charge in [0, 0.05) is 5.02 Å². The van der Waals surface area contributed by atoms with Crippen molar-refractivity contribution in [2.75, 3.05) is 0 Å². The van der Waals surface area contributed by atoms with Crippen LogP contribution in [0.1, 0.15) is 38.7 Å². The van der Waals surface area contributed by atoms with Crippen molar-refractivity contribution in [2.24, 2.45) is 0 Å². The maximum Gasteiger partial charge on any atom is 0.189 e. The highest BCUT2D eigenvalue weighted by Gasteiger charge is 2.51. The molecule has 2 saturated heterocycles. The average Bonchev–Trinajstić information content (AvgIpc) is 3.00. The summed E-state index contributed by atoms with van der Waals surface area (Å²) >= 11 is 6.20. The van der Waals surface area contributed by atoms with Gasteiger partial charge in [-0.05, 0) is 25.0 Å². The van der Waals surface area contributed by atoms with Crippen LogP contribution in [0.25, 0.3) is 0 Å². The molecule has 2 aliphatic heterocycles. The van der Waals surface area contributed by atoms with Gasteiger partial charge in [-0.15, -0.1) is 0 Å². The van der Waals surface area contributed by atoms with Crippen LogP contribution < -0.4 is 0 Å². The molecule has 22 heavy (non-hydrogen) atoms. The highest BCUT2D eigenvalue weighted by atomic mass is 35.5. The topological polar surface area (TPSA) is 36.9 Å². The van der Waals surface area contributed by atoms with E-state index in [1.54, 1.807) is 0 Å². The summed E-state index contributed by atoms with van der Waals surface area (Å²) in [4.78, 5) is 0. The molecule has 0 aromatic heterocycles. The minimum absolute atomic E-state index is 0.0185. The summed E-state index contributed by atoms with van der Waals surface area (Å²) in [5.41, 5.74) is 0.980. The van der Waals surface area contributed by atoms with Crippen molar-refractivity contribution in [2.45, 2.75) is 70.6 Å². The van der Waals surface area contributed by atoms with E-state index in [1.807, 2.05) is 31.2 Å². The zero-order chi connectivity index (χ0) is 15.5. The van der Waals surface area contributed by atoms with Gasteiger partial charge in [0.1, 0.15) is 12.2 Å². The highest BCUT2D eigenvalue weighted by molar-refractivity contribution is 6.31. The van der Waals surface area contributed by atoms with Crippen molar-refractivity contribution < 1.29 is 18.9 Å². The van der Waals surface area contributed by atoms with E-state index >= 15 is 0 Å². The lowest BCUT2D eigenvalue weighted by Gasteiger charge is -2.23. The molecule has 1 unspecified atom stereocenters. The largest absolute Gasteiger partial charge is 0.368 e. The third-order valence-electron chi connectivity index (χ3n) is 4.17. The molecular formula is C17H23ClO4. The molecule has 2 heterocycles. The summed E-state index contributed by atoms with van der Waals surface area (Å²) in [5.74, 6) is 0. The maximum absolute atomic E-state index is 6.20. The van der Waals surface area contributed by atoms with Crippen LogP contribution in [0.2, 0.25) is 5.02 Å². The number of halogens is 1. The number of rotatable bonds is 6. The van der Waals surface area contributed by atoms with Gasteiger partial charge in [0.15, 0.2) is 12.6 Å². The van der Waals surface area contributed by atoms with Gasteiger partial charge in [-0.3, -0.25) is 0 Å². The summed E-state index contributed by atoms with van der Waals surface area (Å²) in [7, 11) is 0. The standard InChI is InChI=1S/C17H23ClO4/c1-3-4-9-14-15(16-17(22-14)21-11(2)20-16)19-10-12-7-5-6-8-13(12)18/h5-8,11,14-17H,3-4,9-10H2,1-2H3/t11?,14-,15+,16-,17+/m1/s1. The van der Waals surface area contributed by atoms with Crippen LogP contribution in [0.4, 0.5) is 0 Å². The normalized spacial score (nSPS) is 34.0. The Morgan fingerprint density at radius 3 is 2.77 bits per heavy atom. The Morgan fingerprint density at radius 2 is 2.00 bits per heavy atom. The lowest BCUT2D eigenvalue weighted by Crippen LogP contribution is -2.35. The Bertz CT molecular complexity index is 495. The molecule has 0 spiro atoms. The second kappa shape index (κ2) is 7.28. The predicted molar refractivity (Wildman–Crippen MR) is 83.6 cm³/mol. The molecule has 0 bridgehead atoms. The number of ether oxygens (including phenoxy) is 4. The van der Waals surface area contributed by atoms with Crippen LogP contribution in [0.15, 0.2) is 24.3 Å². The van der Waals surface area contributed by atoms with Crippen molar-refractivity contribution in [3.8, 4) is 0 Å². The molecule has 1 aromatic carbocycles. The number of fused-ring (bicyclic) bond motifs is 1. The zero-order valence-corrected chi connectivity index (χ0v) is 13.8. The van der Waals surface area contributed by atoms with E-state index in [0.29, 0.717) is 6.61 Å². The number of unbranched alkanes of at least 4 members (excludes halogenated alkanes) is 1. The molecule has 0 saturated carbocycles. The average molecular weight is 327 g/mol. The van der Waals surface area contributed by atoms with Crippen molar-refractivity contribution in [1.82, 2.24) is 0 Å². The number of hydrogen-bond acceptors (Lipinski definition) is 4. The molecule has 5 heteroatoms. The molecule has 0 amide bonds. The Kier molecular flexibility index (Phi) is 5.37. The van der Waals surface area contributed by atoms with Crippen LogP contribution in [-0.2, 0) is 25.6 Å². The van der Waals surface area contributed by atoms with Gasteiger partial charge in [0.2, 0.25) is 0 Å². The Morgan fingerprint density at radius 1 is 1.18 bits per heavy atom. The second-order valence-electron chi connectivity index (χ2n) is 5.86. The van der Waals surface area contributed by atoms with Gasteiger partial charge in [-0.1, -0.05) is 49.6 Å². The molecule has 0 radical (unpaired) electrons. The molecule has 5 atom stereocenters. The third kappa shape index (κ3) is 3.47. The molecular weight excluding hydrogens is 304 g/mol. The van der Waals surface area contributed by atoms with Crippen LogP contribution in [0.5, 0.6) is 0 Å². The summed E-state index contributed by atoms with van der Waals surface area (Å²) in [6.07, 6.45) is 2.39. The first-order valence-electron chi connectivity index (χ1n) is 8.00. The fraction of sp³-hybridized carbons (Fsp3) is 0.647. The lowest BCUT2D eigenvalue weighted by atomic mass is 10.1. The minimum atomic E-state index is -0.312. The lowest BCUT2D eigenvalue weighted by molar-refractivity contribution is -0.169. The van der Waals surface area contributed by atoms with Crippen molar-refractivity contribution in [1.29, 1.82) is 0 Å². The van der Waals surface area contributed by atoms with Crippen LogP contribution in [-0.4, -0.2) is 30.9 Å². The van der Waals surface area contributed by atoms with Crippen molar-refractivity contribution in [3.05, 3.63) is 34.9 Å². The van der Waals surface area contributed by atoms with Gasteiger partial charge in [-0.25, -0.2) is 0 Å². The summed E-state index contributed by atoms with van der Waals surface area (Å²) in [5, 5.41) is 0.722.